The van der Waals surface area contributed by atoms with Gasteiger partial charge >= 0.3 is 0 Å². The Balaban J connectivity index is 2.97. The zero-order valence-electron chi connectivity index (χ0n) is 6.14. The molecule has 0 aliphatic heterocycles. The molecule has 0 unspecified atom stereocenters. The number of halogens is 2. The first-order valence-electron chi connectivity index (χ1n) is 3.21. The molecule has 62 valence electrons. The van der Waals surface area contributed by atoms with E-state index in [1.807, 2.05) is 0 Å². The Hall–Kier alpha value is -0.910. The van der Waals surface area contributed by atoms with Crippen LogP contribution in [0.25, 0.3) is 0 Å². The Bertz CT molecular complexity index is 339. The second kappa shape index (κ2) is 4.20. The van der Waals surface area contributed by atoms with Crippen molar-refractivity contribution in [2.75, 3.05) is 11.6 Å². The van der Waals surface area contributed by atoms with Gasteiger partial charge in [0.25, 0.3) is 0 Å². The number of hydrogen-bond donors (Lipinski definition) is 1. The fourth-order valence-corrected chi connectivity index (χ4v) is 0.859. The van der Waals surface area contributed by atoms with E-state index in [4.69, 9.17) is 28.9 Å². The van der Waals surface area contributed by atoms with Crippen LogP contribution >= 0.6 is 23.2 Å². The molecule has 0 saturated carbocycles. The minimum Gasteiger partial charge on any atom is -0.396 e. The van der Waals surface area contributed by atoms with Crippen LogP contribution in [-0.2, 0) is 0 Å². The van der Waals surface area contributed by atoms with Crippen molar-refractivity contribution in [3.63, 3.8) is 0 Å². The summed E-state index contributed by atoms with van der Waals surface area (Å²) in [6, 6.07) is 3.36. The molecule has 12 heavy (non-hydrogen) atoms. The van der Waals surface area contributed by atoms with Gasteiger partial charge in [0.2, 0.25) is 0 Å². The van der Waals surface area contributed by atoms with E-state index in [0.717, 1.165) is 0 Å². The van der Waals surface area contributed by atoms with Crippen molar-refractivity contribution >= 4 is 28.9 Å². The van der Waals surface area contributed by atoms with E-state index < -0.39 is 0 Å². The molecular weight excluding hydrogens is 195 g/mol. The van der Waals surface area contributed by atoms with Crippen LogP contribution in [0.5, 0.6) is 0 Å². The number of rotatable bonds is 0. The zero-order valence-corrected chi connectivity index (χ0v) is 7.65. The predicted octanol–water partition coefficient (Wildman–Crippen LogP) is 1.91. The lowest BCUT2D eigenvalue weighted by molar-refractivity contribution is 1.29. The van der Waals surface area contributed by atoms with Crippen molar-refractivity contribution in [2.24, 2.45) is 0 Å². The maximum absolute atomic E-state index is 5.66. The molecule has 2 N–H and O–H groups in total. The minimum atomic E-state index is 0.274. The number of nitrogens with zero attached hydrogens (tertiary/aromatic N) is 1. The quantitative estimate of drug-likeness (QED) is 0.395. The number of nitrogen functional groups attached to an aromatic ring is 1. The van der Waals surface area contributed by atoms with Crippen LogP contribution in [0, 0.1) is 11.8 Å². The number of hydrogen-bond acceptors (Lipinski definition) is 2. The number of nitrogens with two attached hydrogens (primary N) is 1. The molecule has 0 bridgehead atoms. The molecule has 0 saturated heterocycles. The Morgan fingerprint density at radius 3 is 2.83 bits per heavy atom. The van der Waals surface area contributed by atoms with E-state index >= 15 is 0 Å². The summed E-state index contributed by atoms with van der Waals surface area (Å²) in [5.41, 5.74) is 6.48. The summed E-state index contributed by atoms with van der Waals surface area (Å²) < 4.78 is 0. The van der Waals surface area contributed by atoms with Crippen molar-refractivity contribution < 1.29 is 0 Å². The molecule has 4 heteroatoms. The predicted molar refractivity (Wildman–Crippen MR) is 51.3 cm³/mol. The summed E-state index contributed by atoms with van der Waals surface area (Å²) in [5, 5.41) is 0.274. The van der Waals surface area contributed by atoms with Crippen molar-refractivity contribution in [2.45, 2.75) is 0 Å². The molecule has 1 rings (SSSR count). The minimum absolute atomic E-state index is 0.274. The Morgan fingerprint density at radius 1 is 1.50 bits per heavy atom. The summed E-state index contributed by atoms with van der Waals surface area (Å²) in [5.74, 6) is 5.68. The highest BCUT2D eigenvalue weighted by Crippen LogP contribution is 2.14. The molecule has 0 spiro atoms. The molecule has 2 nitrogen and oxygen atoms in total. The molecule has 0 aliphatic carbocycles. The highest BCUT2D eigenvalue weighted by Gasteiger charge is 1.96. The number of anilines is 1. The van der Waals surface area contributed by atoms with Gasteiger partial charge in [-0.3, -0.25) is 0 Å². The molecule has 0 atom stereocenters. The normalized spacial score (nSPS) is 8.83. The summed E-state index contributed by atoms with van der Waals surface area (Å²) >= 11 is 11.0. The van der Waals surface area contributed by atoms with E-state index in [1.165, 1.54) is 0 Å². The molecule has 0 amide bonds. The van der Waals surface area contributed by atoms with Gasteiger partial charge in [-0.2, -0.15) is 0 Å². The van der Waals surface area contributed by atoms with E-state index in [2.05, 4.69) is 16.8 Å². The van der Waals surface area contributed by atoms with Crippen LogP contribution in [-0.4, -0.2) is 10.9 Å². The SMILES string of the molecule is Nc1ccc(C#CCCl)nc1Cl. The first-order valence-corrected chi connectivity index (χ1v) is 4.12. The molecule has 0 aliphatic rings. The molecule has 0 aromatic carbocycles. The molecule has 1 aromatic rings. The summed E-state index contributed by atoms with van der Waals surface area (Å²) in [6.45, 7) is 0. The van der Waals surface area contributed by atoms with Crippen molar-refractivity contribution in [1.82, 2.24) is 4.98 Å². The lowest BCUT2D eigenvalue weighted by Gasteiger charge is -1.95. The van der Waals surface area contributed by atoms with Crippen molar-refractivity contribution in [1.29, 1.82) is 0 Å². The van der Waals surface area contributed by atoms with Gasteiger partial charge in [0.05, 0.1) is 11.6 Å². The van der Waals surface area contributed by atoms with Gasteiger partial charge in [0.15, 0.2) is 5.15 Å². The Kier molecular flexibility index (Phi) is 3.21. The third-order valence-electron chi connectivity index (χ3n) is 1.16. The standard InChI is InChI=1S/C8H6Cl2N2/c9-5-1-2-6-3-4-7(11)8(10)12-6/h3-4H,5,11H2. The third kappa shape index (κ3) is 2.30. The number of alkyl halides is 1. The lowest BCUT2D eigenvalue weighted by atomic mass is 10.3. The monoisotopic (exact) mass is 200 g/mol. The van der Waals surface area contributed by atoms with Crippen LogP contribution < -0.4 is 5.73 Å². The van der Waals surface area contributed by atoms with Gasteiger partial charge in [-0.15, -0.1) is 11.6 Å². The largest absolute Gasteiger partial charge is 0.396 e. The zero-order chi connectivity index (χ0) is 8.97. The number of pyridine rings is 1. The summed E-state index contributed by atoms with van der Waals surface area (Å²) in [7, 11) is 0. The highest BCUT2D eigenvalue weighted by molar-refractivity contribution is 6.31. The Labute approximate surface area is 80.7 Å². The van der Waals surface area contributed by atoms with Crippen molar-refractivity contribution in [3.05, 3.63) is 23.0 Å². The van der Waals surface area contributed by atoms with Gasteiger partial charge in [-0.1, -0.05) is 17.5 Å². The van der Waals surface area contributed by atoms with E-state index in [0.29, 0.717) is 11.4 Å². The maximum Gasteiger partial charge on any atom is 0.153 e. The van der Waals surface area contributed by atoms with Gasteiger partial charge < -0.3 is 5.73 Å². The average molecular weight is 201 g/mol. The molecule has 1 heterocycles. The smallest absolute Gasteiger partial charge is 0.153 e. The fourth-order valence-electron chi connectivity index (χ4n) is 0.639. The fraction of sp³-hybridized carbons (Fsp3) is 0.125. The lowest BCUT2D eigenvalue weighted by Crippen LogP contribution is -1.90. The van der Waals surface area contributed by atoms with Crippen molar-refractivity contribution in [3.8, 4) is 11.8 Å². The summed E-state index contributed by atoms with van der Waals surface area (Å²) in [4.78, 5) is 3.92. The topological polar surface area (TPSA) is 38.9 Å². The second-order valence-corrected chi connectivity index (χ2v) is 2.64. The average Bonchev–Trinajstić information content (AvgIpc) is 2.07. The number of aromatic nitrogens is 1. The van der Waals surface area contributed by atoms with Crippen LogP contribution in [0.2, 0.25) is 5.15 Å². The van der Waals surface area contributed by atoms with Crippen LogP contribution in [0.3, 0.4) is 0 Å². The summed E-state index contributed by atoms with van der Waals surface area (Å²) in [6.07, 6.45) is 0. The van der Waals surface area contributed by atoms with Crippen LogP contribution in [0.15, 0.2) is 12.1 Å². The molecule has 0 radical (unpaired) electrons. The van der Waals surface area contributed by atoms with Crippen LogP contribution in [0.1, 0.15) is 5.69 Å². The van der Waals surface area contributed by atoms with Gasteiger partial charge in [0, 0.05) is 0 Å². The molecular formula is C8H6Cl2N2. The van der Waals surface area contributed by atoms with E-state index in [9.17, 15) is 0 Å². The maximum atomic E-state index is 5.66. The first kappa shape index (κ1) is 9.18. The van der Waals surface area contributed by atoms with Crippen LogP contribution in [0.4, 0.5) is 5.69 Å². The van der Waals surface area contributed by atoms with E-state index in [-0.39, 0.29) is 11.0 Å². The van der Waals surface area contributed by atoms with E-state index in [1.54, 1.807) is 12.1 Å². The third-order valence-corrected chi connectivity index (χ3v) is 1.60. The first-order chi connectivity index (χ1) is 5.74. The van der Waals surface area contributed by atoms with Gasteiger partial charge in [-0.05, 0) is 18.1 Å². The van der Waals surface area contributed by atoms with Gasteiger partial charge in [-0.25, -0.2) is 4.98 Å². The molecule has 1 aromatic heterocycles. The highest BCUT2D eigenvalue weighted by atomic mass is 35.5. The van der Waals surface area contributed by atoms with Gasteiger partial charge in [0.1, 0.15) is 5.69 Å². The second-order valence-electron chi connectivity index (χ2n) is 2.01. The Morgan fingerprint density at radius 2 is 2.25 bits per heavy atom. The molecule has 0 fully saturated rings.